The number of unbranched alkanes of at least 4 members (excludes halogenated alkanes) is 10. The Morgan fingerprint density at radius 3 is 1.92 bits per heavy atom. The van der Waals surface area contributed by atoms with Crippen molar-refractivity contribution in [1.29, 1.82) is 0 Å². The number of phosphoric acid groups is 1. The first-order valence-electron chi connectivity index (χ1n) is 19.3. The quantitative estimate of drug-likeness (QED) is 0.0213. The number of carbonyl (C=O) groups is 2. The van der Waals surface area contributed by atoms with Crippen molar-refractivity contribution in [3.8, 4) is 0 Å². The molecule has 0 aliphatic carbocycles. The number of phosphoric ester groups is 1. The average molecular weight is 744 g/mol. The zero-order chi connectivity index (χ0) is 37.8. The normalized spacial score (nSPS) is 15.2. The van der Waals surface area contributed by atoms with Crippen LogP contribution in [0.25, 0.3) is 0 Å². The molecule has 0 aromatic carbocycles. The van der Waals surface area contributed by atoms with Gasteiger partial charge in [-0.2, -0.15) is 0 Å². The average Bonchev–Trinajstić information content (AvgIpc) is 3.11. The Morgan fingerprint density at radius 1 is 0.667 bits per heavy atom. The van der Waals surface area contributed by atoms with E-state index in [1.165, 1.54) is 32.1 Å². The first-order valence-corrected chi connectivity index (χ1v) is 20.8. The number of esters is 2. The van der Waals surface area contributed by atoms with Crippen molar-refractivity contribution in [2.45, 2.75) is 161 Å². The molecule has 3 unspecified atom stereocenters. The Balaban J connectivity index is 4.49. The highest BCUT2D eigenvalue weighted by Gasteiger charge is 2.26. The van der Waals surface area contributed by atoms with E-state index in [-0.39, 0.29) is 45.4 Å². The molecule has 0 radical (unpaired) electrons. The fourth-order valence-electron chi connectivity index (χ4n) is 4.83. The van der Waals surface area contributed by atoms with Crippen LogP contribution in [-0.4, -0.2) is 71.7 Å². The first kappa shape index (κ1) is 48.9. The molecular weight excluding hydrogens is 673 g/mol. The van der Waals surface area contributed by atoms with Gasteiger partial charge in [0.15, 0.2) is 6.10 Å². The van der Waals surface area contributed by atoms with Gasteiger partial charge in [0.1, 0.15) is 6.61 Å². The number of carbonyl (C=O) groups excluding carboxylic acids is 2. The Morgan fingerprint density at radius 2 is 1.24 bits per heavy atom. The molecule has 12 heteroatoms. The third-order valence-electron chi connectivity index (χ3n) is 7.89. The number of hydrogen-bond acceptors (Lipinski definition) is 10. The van der Waals surface area contributed by atoms with Crippen molar-refractivity contribution in [1.82, 2.24) is 0 Å². The van der Waals surface area contributed by atoms with E-state index in [0.717, 1.165) is 57.8 Å². The number of aliphatic hydroxyl groups is 2. The van der Waals surface area contributed by atoms with Gasteiger partial charge in [0.05, 0.1) is 25.4 Å². The Hall–Kier alpha value is -2.11. The molecule has 0 fully saturated rings. The van der Waals surface area contributed by atoms with Gasteiger partial charge >= 0.3 is 19.8 Å². The molecule has 0 aliphatic heterocycles. The van der Waals surface area contributed by atoms with Crippen LogP contribution in [0.3, 0.4) is 0 Å². The van der Waals surface area contributed by atoms with Gasteiger partial charge in [0.2, 0.25) is 0 Å². The second kappa shape index (κ2) is 34.9. The van der Waals surface area contributed by atoms with E-state index in [2.05, 4.69) is 50.3 Å². The molecule has 51 heavy (non-hydrogen) atoms. The lowest BCUT2D eigenvalue weighted by Gasteiger charge is -2.20. The molecule has 0 saturated heterocycles. The van der Waals surface area contributed by atoms with E-state index in [1.54, 1.807) is 0 Å². The lowest BCUT2D eigenvalue weighted by Crippen LogP contribution is -2.30. The summed E-state index contributed by atoms with van der Waals surface area (Å²) in [6.45, 7) is 3.29. The number of ether oxygens (including phenoxy) is 2. The van der Waals surface area contributed by atoms with Crippen molar-refractivity contribution in [2.24, 2.45) is 5.73 Å². The molecule has 4 atom stereocenters. The van der Waals surface area contributed by atoms with Gasteiger partial charge in [-0.1, -0.05) is 107 Å². The van der Waals surface area contributed by atoms with Crippen LogP contribution in [0.1, 0.15) is 142 Å². The summed E-state index contributed by atoms with van der Waals surface area (Å²) < 4.78 is 32.4. The Bertz CT molecular complexity index is 1020. The predicted octanol–water partition coefficient (Wildman–Crippen LogP) is 8.32. The van der Waals surface area contributed by atoms with E-state index in [0.29, 0.717) is 12.8 Å². The van der Waals surface area contributed by atoms with E-state index < -0.39 is 44.7 Å². The highest BCUT2D eigenvalue weighted by Crippen LogP contribution is 2.43. The Labute approximate surface area is 308 Å². The van der Waals surface area contributed by atoms with E-state index in [1.807, 2.05) is 12.2 Å². The largest absolute Gasteiger partial charge is 0.472 e. The summed E-state index contributed by atoms with van der Waals surface area (Å²) in [6.07, 6.45) is 30.4. The van der Waals surface area contributed by atoms with Gasteiger partial charge in [0, 0.05) is 19.4 Å². The number of nitrogens with two attached hydrogens (primary N) is 1. The minimum Gasteiger partial charge on any atom is -0.462 e. The number of hydrogen-bond donors (Lipinski definition) is 4. The molecule has 11 nitrogen and oxygen atoms in total. The van der Waals surface area contributed by atoms with Gasteiger partial charge in [-0.05, 0) is 70.6 Å². The summed E-state index contributed by atoms with van der Waals surface area (Å²) in [7, 11) is -4.44. The second-order valence-electron chi connectivity index (χ2n) is 12.7. The smallest absolute Gasteiger partial charge is 0.462 e. The molecule has 5 N–H and O–H groups in total. The second-order valence-corrected chi connectivity index (χ2v) is 14.2. The van der Waals surface area contributed by atoms with Gasteiger partial charge in [-0.25, -0.2) is 4.57 Å². The molecule has 0 heterocycles. The van der Waals surface area contributed by atoms with Crippen molar-refractivity contribution < 1.29 is 47.8 Å². The van der Waals surface area contributed by atoms with Gasteiger partial charge < -0.3 is 30.3 Å². The fraction of sp³-hybridized carbons (Fsp3) is 0.744. The summed E-state index contributed by atoms with van der Waals surface area (Å²) in [5.41, 5.74) is 5.31. The van der Waals surface area contributed by atoms with Gasteiger partial charge in [0.25, 0.3) is 0 Å². The van der Waals surface area contributed by atoms with Crippen LogP contribution in [0, 0.1) is 0 Å². The number of rotatable bonds is 35. The van der Waals surface area contributed by atoms with E-state index in [9.17, 15) is 29.3 Å². The topological polar surface area (TPSA) is 175 Å². The highest BCUT2D eigenvalue weighted by molar-refractivity contribution is 7.47. The standard InChI is InChI=1S/C39H70NO10P/c1-3-5-7-9-11-13-15-17-18-20-22-24-27-36(41)37(42)28-26-30-38(43)47-33-35(34-49-51(45,46)48-32-31-40)50-39(44)29-25-23-21-19-16-14-12-10-8-6-4-2/h10-13,17-18,22,24,35-37,41-42H,3-9,14-16,19-21,23,25-34,40H2,1-2H3,(H,45,46)/b12-10-,13-11-,18-17-,24-22-/t35-,36?,37?/m1/s1. The molecule has 0 spiro atoms. The van der Waals surface area contributed by atoms with Crippen molar-refractivity contribution in [3.05, 3.63) is 48.6 Å². The maximum absolute atomic E-state index is 12.5. The molecular formula is C39H70NO10P. The Kier molecular flexibility index (Phi) is 33.5. The third kappa shape index (κ3) is 33.5. The molecule has 0 aromatic heterocycles. The van der Waals surface area contributed by atoms with Crippen LogP contribution in [0.4, 0.5) is 0 Å². The minimum absolute atomic E-state index is 0.0111. The zero-order valence-electron chi connectivity index (χ0n) is 31.5. The lowest BCUT2D eigenvalue weighted by atomic mass is 10.0. The summed E-state index contributed by atoms with van der Waals surface area (Å²) in [5, 5.41) is 20.6. The van der Waals surface area contributed by atoms with Crippen molar-refractivity contribution in [2.75, 3.05) is 26.4 Å². The zero-order valence-corrected chi connectivity index (χ0v) is 32.4. The SMILES string of the molecule is CCCC/C=C\CCCCCCCC(=O)O[C@H](COC(=O)CCCC(O)C(O)C/C=C\C/C=C\C/C=C\CCCCC)COP(=O)(O)OCCN. The maximum Gasteiger partial charge on any atom is 0.472 e. The summed E-state index contributed by atoms with van der Waals surface area (Å²) >= 11 is 0. The van der Waals surface area contributed by atoms with Gasteiger partial charge in [-0.15, -0.1) is 0 Å². The molecule has 0 bridgehead atoms. The maximum atomic E-state index is 12.5. The molecule has 0 amide bonds. The van der Waals surface area contributed by atoms with E-state index >= 15 is 0 Å². The predicted molar refractivity (Wildman–Crippen MR) is 204 cm³/mol. The van der Waals surface area contributed by atoms with Crippen LogP contribution in [-0.2, 0) is 32.7 Å². The molecule has 296 valence electrons. The van der Waals surface area contributed by atoms with Crippen LogP contribution in [0.2, 0.25) is 0 Å². The third-order valence-corrected chi connectivity index (χ3v) is 8.87. The van der Waals surface area contributed by atoms with E-state index in [4.69, 9.17) is 24.3 Å². The number of allylic oxidation sites excluding steroid dienone is 7. The fourth-order valence-corrected chi connectivity index (χ4v) is 5.60. The monoisotopic (exact) mass is 743 g/mol. The van der Waals surface area contributed by atoms with Crippen LogP contribution >= 0.6 is 7.82 Å². The number of aliphatic hydroxyl groups excluding tert-OH is 2. The first-order chi connectivity index (χ1) is 24.6. The van der Waals surface area contributed by atoms with Gasteiger partial charge in [-0.3, -0.25) is 18.6 Å². The van der Waals surface area contributed by atoms with Crippen LogP contribution in [0.5, 0.6) is 0 Å². The van der Waals surface area contributed by atoms with Crippen LogP contribution < -0.4 is 5.73 Å². The molecule has 0 rings (SSSR count). The summed E-state index contributed by atoms with van der Waals surface area (Å²) in [5.74, 6) is -1.13. The summed E-state index contributed by atoms with van der Waals surface area (Å²) in [6, 6.07) is 0. The molecule has 0 aromatic rings. The lowest BCUT2D eigenvalue weighted by molar-refractivity contribution is -0.161. The van der Waals surface area contributed by atoms with Crippen LogP contribution in [0.15, 0.2) is 48.6 Å². The highest BCUT2D eigenvalue weighted by atomic mass is 31.2. The van der Waals surface area contributed by atoms with Crippen molar-refractivity contribution in [3.63, 3.8) is 0 Å². The molecule has 0 saturated carbocycles. The van der Waals surface area contributed by atoms with Crippen molar-refractivity contribution >= 4 is 19.8 Å². The minimum atomic E-state index is -4.44. The molecule has 0 aliphatic rings. The summed E-state index contributed by atoms with van der Waals surface area (Å²) in [4.78, 5) is 34.7.